The molecule has 0 amide bonds. The van der Waals surface area contributed by atoms with Gasteiger partial charge >= 0.3 is 0 Å². The van der Waals surface area contributed by atoms with Crippen molar-refractivity contribution in [3.8, 4) is 11.3 Å². The molecule has 0 fully saturated rings. The van der Waals surface area contributed by atoms with Crippen molar-refractivity contribution in [2.75, 3.05) is 5.73 Å². The predicted molar refractivity (Wildman–Crippen MR) is 72.2 cm³/mol. The third-order valence-corrected chi connectivity index (χ3v) is 3.87. The Hall–Kier alpha value is -1.36. The first kappa shape index (κ1) is 12.1. The van der Waals surface area contributed by atoms with Crippen molar-refractivity contribution < 1.29 is 0 Å². The van der Waals surface area contributed by atoms with Gasteiger partial charge in [-0.2, -0.15) is 5.10 Å². The molecule has 17 heavy (non-hydrogen) atoms. The van der Waals surface area contributed by atoms with E-state index >= 15 is 0 Å². The van der Waals surface area contributed by atoms with Gasteiger partial charge in [0.25, 0.3) is 0 Å². The fourth-order valence-corrected chi connectivity index (χ4v) is 2.58. The average molecular weight is 250 g/mol. The second kappa shape index (κ2) is 3.84. The molecule has 0 bridgehead atoms. The molecule has 0 saturated heterocycles. The van der Waals surface area contributed by atoms with Crippen LogP contribution in [0.2, 0.25) is 0 Å². The van der Waals surface area contributed by atoms with Crippen LogP contribution in [-0.4, -0.2) is 14.8 Å². The molecule has 4 nitrogen and oxygen atoms in total. The lowest BCUT2D eigenvalue weighted by molar-refractivity contribution is 0.586. The highest BCUT2D eigenvalue weighted by Gasteiger charge is 2.22. The maximum atomic E-state index is 6.07. The van der Waals surface area contributed by atoms with Crippen molar-refractivity contribution in [1.82, 2.24) is 14.8 Å². The summed E-state index contributed by atoms with van der Waals surface area (Å²) in [7, 11) is 1.91. The van der Waals surface area contributed by atoms with E-state index in [0.717, 1.165) is 27.0 Å². The largest absolute Gasteiger partial charge is 0.389 e. The molecule has 2 aromatic rings. The summed E-state index contributed by atoms with van der Waals surface area (Å²) < 4.78 is 1.79. The lowest BCUT2D eigenvalue weighted by Gasteiger charge is -2.13. The van der Waals surface area contributed by atoms with Gasteiger partial charge in [-0.1, -0.05) is 20.8 Å². The minimum Gasteiger partial charge on any atom is -0.389 e. The fourth-order valence-electron chi connectivity index (χ4n) is 1.68. The van der Waals surface area contributed by atoms with Crippen LogP contribution >= 0.6 is 11.3 Å². The van der Waals surface area contributed by atoms with E-state index in [0.29, 0.717) is 0 Å². The van der Waals surface area contributed by atoms with Crippen LogP contribution in [0.3, 0.4) is 0 Å². The van der Waals surface area contributed by atoms with Gasteiger partial charge in [-0.15, -0.1) is 11.3 Å². The topological polar surface area (TPSA) is 56.7 Å². The van der Waals surface area contributed by atoms with E-state index in [9.17, 15) is 0 Å². The first-order chi connectivity index (χ1) is 7.79. The highest BCUT2D eigenvalue weighted by Crippen LogP contribution is 2.36. The van der Waals surface area contributed by atoms with Gasteiger partial charge < -0.3 is 5.73 Å². The summed E-state index contributed by atoms with van der Waals surface area (Å²) in [4.78, 5) is 4.67. The minimum absolute atomic E-state index is 0.0349. The Balaban J connectivity index is 2.54. The van der Waals surface area contributed by atoms with Crippen LogP contribution < -0.4 is 5.73 Å². The molecule has 0 aliphatic heterocycles. The van der Waals surface area contributed by atoms with E-state index in [2.05, 4.69) is 30.9 Å². The van der Waals surface area contributed by atoms with E-state index in [1.54, 1.807) is 16.0 Å². The Bertz CT molecular complexity index is 545. The quantitative estimate of drug-likeness (QED) is 0.846. The Morgan fingerprint density at radius 2 is 2.00 bits per heavy atom. The molecule has 0 atom stereocenters. The van der Waals surface area contributed by atoms with E-state index in [1.165, 1.54) is 0 Å². The highest BCUT2D eigenvalue weighted by atomic mass is 32.1. The maximum absolute atomic E-state index is 6.07. The first-order valence-corrected chi connectivity index (χ1v) is 6.38. The molecular weight excluding hydrogens is 232 g/mol. The number of hydrogen-bond donors (Lipinski definition) is 1. The zero-order chi connectivity index (χ0) is 12.8. The Labute approximate surface area is 105 Å². The van der Waals surface area contributed by atoms with Crippen molar-refractivity contribution in [3.05, 3.63) is 16.9 Å². The number of aryl methyl sites for hydroxylation is 2. The van der Waals surface area contributed by atoms with Gasteiger partial charge in [0.1, 0.15) is 15.7 Å². The van der Waals surface area contributed by atoms with Crippen molar-refractivity contribution in [3.63, 3.8) is 0 Å². The number of aromatic nitrogens is 3. The normalized spacial score (nSPS) is 12.1. The molecule has 92 valence electrons. The summed E-state index contributed by atoms with van der Waals surface area (Å²) in [5.74, 6) is 0. The van der Waals surface area contributed by atoms with Crippen LogP contribution in [0.15, 0.2) is 6.20 Å². The van der Waals surface area contributed by atoms with Gasteiger partial charge in [0, 0.05) is 24.2 Å². The molecule has 5 heteroatoms. The molecule has 0 saturated carbocycles. The van der Waals surface area contributed by atoms with E-state index in [1.807, 2.05) is 20.2 Å². The first-order valence-electron chi connectivity index (χ1n) is 5.56. The molecule has 2 heterocycles. The Morgan fingerprint density at radius 3 is 2.41 bits per heavy atom. The smallest absolute Gasteiger partial charge is 0.114 e. The van der Waals surface area contributed by atoms with Gasteiger partial charge in [0.15, 0.2) is 0 Å². The number of rotatable bonds is 1. The molecule has 0 unspecified atom stereocenters. The van der Waals surface area contributed by atoms with Crippen molar-refractivity contribution in [1.29, 1.82) is 0 Å². The second-order valence-electron chi connectivity index (χ2n) is 5.28. The van der Waals surface area contributed by atoms with Crippen molar-refractivity contribution in [2.45, 2.75) is 33.1 Å². The number of nitrogens with zero attached hydrogens (tertiary/aromatic N) is 3. The van der Waals surface area contributed by atoms with Gasteiger partial charge in [0.2, 0.25) is 0 Å². The fraction of sp³-hybridized carbons (Fsp3) is 0.500. The van der Waals surface area contributed by atoms with E-state index in [-0.39, 0.29) is 5.41 Å². The molecule has 0 aliphatic carbocycles. The van der Waals surface area contributed by atoms with Crippen LogP contribution in [0.25, 0.3) is 11.3 Å². The summed E-state index contributed by atoms with van der Waals surface area (Å²) in [5, 5.41) is 6.16. The third-order valence-electron chi connectivity index (χ3n) is 2.56. The van der Waals surface area contributed by atoms with Gasteiger partial charge in [-0.25, -0.2) is 4.98 Å². The summed E-state index contributed by atoms with van der Waals surface area (Å²) in [6.45, 7) is 8.41. The highest BCUT2D eigenvalue weighted by molar-refractivity contribution is 7.16. The molecule has 0 aliphatic rings. The maximum Gasteiger partial charge on any atom is 0.114 e. The number of thiazole rings is 1. The standard InChI is InChI=1S/C12H18N4S/c1-7-8(6-16(5)15-7)9-10(13)17-11(14-9)12(2,3)4/h6H,13H2,1-5H3. The van der Waals surface area contributed by atoms with Crippen LogP contribution in [0.5, 0.6) is 0 Å². The van der Waals surface area contributed by atoms with E-state index in [4.69, 9.17) is 5.73 Å². The Morgan fingerprint density at radius 1 is 1.35 bits per heavy atom. The SMILES string of the molecule is Cc1nn(C)cc1-c1nc(C(C)(C)C)sc1N. The minimum atomic E-state index is 0.0349. The number of anilines is 1. The van der Waals surface area contributed by atoms with Crippen molar-refractivity contribution >= 4 is 16.3 Å². The lowest BCUT2D eigenvalue weighted by Crippen LogP contribution is -2.10. The molecular formula is C12H18N4S. The molecule has 2 aromatic heterocycles. The summed E-state index contributed by atoms with van der Waals surface area (Å²) >= 11 is 1.56. The second-order valence-corrected chi connectivity index (χ2v) is 6.31. The zero-order valence-electron chi connectivity index (χ0n) is 10.9. The summed E-state index contributed by atoms with van der Waals surface area (Å²) in [5.41, 5.74) is 8.96. The molecule has 0 aromatic carbocycles. The number of nitrogens with two attached hydrogens (primary N) is 1. The van der Waals surface area contributed by atoms with E-state index < -0.39 is 0 Å². The Kier molecular flexibility index (Phi) is 2.73. The zero-order valence-corrected chi connectivity index (χ0v) is 11.7. The summed E-state index contributed by atoms with van der Waals surface area (Å²) in [6.07, 6.45) is 1.97. The third kappa shape index (κ3) is 2.20. The summed E-state index contributed by atoms with van der Waals surface area (Å²) in [6, 6.07) is 0. The van der Waals surface area contributed by atoms with Gasteiger partial charge in [-0.05, 0) is 6.92 Å². The predicted octanol–water partition coefficient (Wildman–Crippen LogP) is 2.73. The molecule has 2 N–H and O–H groups in total. The van der Waals surface area contributed by atoms with Crippen LogP contribution in [-0.2, 0) is 12.5 Å². The number of hydrogen-bond acceptors (Lipinski definition) is 4. The monoisotopic (exact) mass is 250 g/mol. The molecule has 0 radical (unpaired) electrons. The van der Waals surface area contributed by atoms with Crippen LogP contribution in [0.1, 0.15) is 31.5 Å². The molecule has 0 spiro atoms. The lowest BCUT2D eigenvalue weighted by atomic mass is 9.98. The van der Waals surface area contributed by atoms with Crippen LogP contribution in [0, 0.1) is 6.92 Å². The van der Waals surface area contributed by atoms with Gasteiger partial charge in [-0.3, -0.25) is 4.68 Å². The average Bonchev–Trinajstić information content (AvgIpc) is 2.68. The number of nitrogen functional groups attached to an aromatic ring is 1. The molecule has 2 rings (SSSR count). The van der Waals surface area contributed by atoms with Gasteiger partial charge in [0.05, 0.1) is 5.69 Å². The van der Waals surface area contributed by atoms with Crippen LogP contribution in [0.4, 0.5) is 5.00 Å². The van der Waals surface area contributed by atoms with Crippen molar-refractivity contribution in [2.24, 2.45) is 7.05 Å².